The van der Waals surface area contributed by atoms with Gasteiger partial charge in [-0.1, -0.05) is 36.0 Å². The molecule has 5 rings (SSSR count). The average molecular weight is 588 g/mol. The second-order valence-electron chi connectivity index (χ2n) is 9.54. The number of pyridine rings is 1. The molecule has 1 N–H and O–H groups in total. The van der Waals surface area contributed by atoms with Gasteiger partial charge in [-0.25, -0.2) is 0 Å². The fourth-order valence-corrected chi connectivity index (χ4v) is 6.06. The van der Waals surface area contributed by atoms with Crippen molar-refractivity contribution in [1.82, 2.24) is 14.8 Å². The lowest BCUT2D eigenvalue weighted by Crippen LogP contribution is -2.36. The van der Waals surface area contributed by atoms with Crippen molar-refractivity contribution in [2.24, 2.45) is 0 Å². The molecule has 0 spiro atoms. The van der Waals surface area contributed by atoms with Crippen molar-refractivity contribution in [2.45, 2.75) is 25.7 Å². The first-order valence-electron chi connectivity index (χ1n) is 12.8. The van der Waals surface area contributed by atoms with E-state index in [4.69, 9.17) is 38.0 Å². The van der Waals surface area contributed by atoms with Crippen LogP contribution in [0, 0.1) is 4.51 Å². The second-order valence-corrected chi connectivity index (χ2v) is 11.4. The number of nitrogens with zero attached hydrogens (tertiary/aromatic N) is 2. The minimum Gasteiger partial charge on any atom is -0.485 e. The van der Waals surface area contributed by atoms with Gasteiger partial charge in [0, 0.05) is 48.5 Å². The second kappa shape index (κ2) is 12.7. The van der Waals surface area contributed by atoms with E-state index >= 15 is 0 Å². The van der Waals surface area contributed by atoms with E-state index in [9.17, 15) is 9.59 Å². The molecule has 1 aromatic heterocycles. The number of hydrogen-bond acceptors (Lipinski definition) is 8. The van der Waals surface area contributed by atoms with Crippen LogP contribution in [0.15, 0.2) is 42.6 Å². The zero-order chi connectivity index (χ0) is 27.4. The summed E-state index contributed by atoms with van der Waals surface area (Å²) in [5.74, 6) is 1.09. The Morgan fingerprint density at radius 1 is 1.18 bits per heavy atom. The summed E-state index contributed by atoms with van der Waals surface area (Å²) in [6.45, 7) is 4.76. The molecule has 1 saturated heterocycles. The highest BCUT2D eigenvalue weighted by atomic mass is 35.5. The van der Waals surface area contributed by atoms with Gasteiger partial charge in [0.15, 0.2) is 0 Å². The predicted octanol–water partition coefficient (Wildman–Crippen LogP) is 4.45. The first-order chi connectivity index (χ1) is 18.9. The molecule has 0 aliphatic carbocycles. The Kier molecular flexibility index (Phi) is 9.09. The minimum absolute atomic E-state index is 0.181. The summed E-state index contributed by atoms with van der Waals surface area (Å²) in [5.41, 5.74) is 3.34. The van der Waals surface area contributed by atoms with Gasteiger partial charge in [-0.3, -0.25) is 14.5 Å². The van der Waals surface area contributed by atoms with Crippen molar-refractivity contribution in [3.63, 3.8) is 0 Å². The van der Waals surface area contributed by atoms with Crippen molar-refractivity contribution in [1.29, 1.82) is 0 Å². The van der Waals surface area contributed by atoms with Gasteiger partial charge >= 0.3 is 5.97 Å². The number of thioether (sulfide) groups is 1. The van der Waals surface area contributed by atoms with E-state index in [1.807, 2.05) is 18.3 Å². The molecule has 0 radical (unpaired) electrons. The lowest BCUT2D eigenvalue weighted by Gasteiger charge is -2.30. The number of ether oxygens (including phenoxy) is 3. The summed E-state index contributed by atoms with van der Waals surface area (Å²) in [4.78, 5) is 27.3. The number of benzene rings is 2. The molecule has 1 atom stereocenters. The third-order valence-corrected chi connectivity index (χ3v) is 8.50. The summed E-state index contributed by atoms with van der Waals surface area (Å²) >= 11 is 13.3. The van der Waals surface area contributed by atoms with Crippen molar-refractivity contribution < 1.29 is 23.8 Å². The maximum absolute atomic E-state index is 13.4. The topological polar surface area (TPSA) is 82.0 Å². The van der Waals surface area contributed by atoms with Crippen LogP contribution in [0.2, 0.25) is 5.02 Å². The standard InChI is InChI=1S/C28H30ClN3O5S2/c1-35-25(33)17-39-16-21-14-32-15-23(28(34)30-12-18-2-4-20(29)5-3-18)27(38)22-10-19(11-24(37-21)26(22)32)13-31-6-8-36-9-7-31/h2-5,10-11,15,21H,6-9,12-14,16-17H2,1H3,(H,30,34). The van der Waals surface area contributed by atoms with Crippen LogP contribution in [-0.2, 0) is 33.9 Å². The van der Waals surface area contributed by atoms with Crippen LogP contribution >= 0.6 is 35.6 Å². The number of methoxy groups -OCH3 is 1. The van der Waals surface area contributed by atoms with Crippen molar-refractivity contribution in [3.8, 4) is 5.75 Å². The van der Waals surface area contributed by atoms with Gasteiger partial charge in [-0.15, -0.1) is 11.8 Å². The summed E-state index contributed by atoms with van der Waals surface area (Å²) < 4.78 is 19.3. The van der Waals surface area contributed by atoms with Crippen LogP contribution in [0.4, 0.5) is 0 Å². The highest BCUT2D eigenvalue weighted by Crippen LogP contribution is 2.35. The number of carbonyl (C=O) groups is 2. The number of carbonyl (C=O) groups excluding carboxylic acids is 2. The Hall–Kier alpha value is -2.63. The Bertz CT molecular complexity index is 1420. The lowest BCUT2D eigenvalue weighted by atomic mass is 10.0. The van der Waals surface area contributed by atoms with Crippen LogP contribution in [-0.4, -0.2) is 72.4 Å². The SMILES string of the molecule is COC(=O)CSCC1Cn2cc(C(=O)NCc3ccc(Cl)cc3)c(=S)c3cc(CN4CCOCC4)cc(c32)O1. The molecule has 11 heteroatoms. The van der Waals surface area contributed by atoms with Gasteiger partial charge in [0.1, 0.15) is 11.9 Å². The van der Waals surface area contributed by atoms with E-state index in [0.717, 1.165) is 47.4 Å². The molecule has 2 aromatic carbocycles. The van der Waals surface area contributed by atoms with Crippen LogP contribution in [0.5, 0.6) is 5.75 Å². The lowest BCUT2D eigenvalue weighted by molar-refractivity contribution is -0.137. The van der Waals surface area contributed by atoms with Gasteiger partial charge in [0.2, 0.25) is 0 Å². The predicted molar refractivity (Wildman–Crippen MR) is 155 cm³/mol. The summed E-state index contributed by atoms with van der Waals surface area (Å²) in [7, 11) is 1.38. The van der Waals surface area contributed by atoms with E-state index in [1.54, 1.807) is 12.1 Å². The molecule has 1 fully saturated rings. The molecule has 3 heterocycles. The average Bonchev–Trinajstić information content (AvgIpc) is 2.94. The number of halogens is 1. The first-order valence-corrected chi connectivity index (χ1v) is 14.7. The molecule has 8 nitrogen and oxygen atoms in total. The van der Waals surface area contributed by atoms with E-state index in [1.165, 1.54) is 18.9 Å². The molecule has 2 aliphatic heterocycles. The van der Waals surface area contributed by atoms with Crippen molar-refractivity contribution in [3.05, 3.63) is 68.8 Å². The highest BCUT2D eigenvalue weighted by molar-refractivity contribution is 7.99. The summed E-state index contributed by atoms with van der Waals surface area (Å²) in [5, 5.41) is 4.47. The fraction of sp³-hybridized carbons (Fsp3) is 0.393. The summed E-state index contributed by atoms with van der Waals surface area (Å²) in [6.07, 6.45) is 1.65. The number of amides is 1. The van der Waals surface area contributed by atoms with E-state index < -0.39 is 0 Å². The van der Waals surface area contributed by atoms with Gasteiger partial charge in [-0.2, -0.15) is 0 Å². The monoisotopic (exact) mass is 587 g/mol. The molecule has 1 amide bonds. The molecule has 206 valence electrons. The Morgan fingerprint density at radius 2 is 1.95 bits per heavy atom. The van der Waals surface area contributed by atoms with Gasteiger partial charge in [0.25, 0.3) is 5.91 Å². The minimum atomic E-state index is -0.269. The van der Waals surface area contributed by atoms with Crippen LogP contribution in [0.1, 0.15) is 21.5 Å². The number of aromatic nitrogens is 1. The van der Waals surface area contributed by atoms with Crippen LogP contribution in [0.25, 0.3) is 10.9 Å². The molecule has 3 aromatic rings. The van der Waals surface area contributed by atoms with Crippen LogP contribution in [0.3, 0.4) is 0 Å². The number of rotatable bonds is 9. The Morgan fingerprint density at radius 3 is 2.69 bits per heavy atom. The van der Waals surface area contributed by atoms with E-state index in [-0.39, 0.29) is 23.7 Å². The molecule has 0 saturated carbocycles. The van der Waals surface area contributed by atoms with Gasteiger partial charge in [-0.05, 0) is 35.4 Å². The van der Waals surface area contributed by atoms with E-state index in [0.29, 0.717) is 47.2 Å². The normalized spacial score (nSPS) is 17.0. The number of nitrogens with one attached hydrogen (secondary N) is 1. The maximum Gasteiger partial charge on any atom is 0.315 e. The molecule has 39 heavy (non-hydrogen) atoms. The Labute approximate surface area is 241 Å². The number of morpholine rings is 1. The Balaban J connectivity index is 1.45. The zero-order valence-electron chi connectivity index (χ0n) is 21.6. The highest BCUT2D eigenvalue weighted by Gasteiger charge is 2.26. The van der Waals surface area contributed by atoms with Gasteiger partial charge in [0.05, 0.1) is 48.2 Å². The quantitative estimate of drug-likeness (QED) is 0.290. The fourth-order valence-electron chi connectivity index (χ4n) is 4.80. The number of hydrogen-bond donors (Lipinski definition) is 1. The third kappa shape index (κ3) is 6.75. The molecule has 1 unspecified atom stereocenters. The summed E-state index contributed by atoms with van der Waals surface area (Å²) in [6, 6.07) is 11.5. The zero-order valence-corrected chi connectivity index (χ0v) is 24.0. The number of esters is 1. The molecule has 0 bridgehead atoms. The third-order valence-electron chi connectivity index (χ3n) is 6.76. The van der Waals surface area contributed by atoms with Crippen molar-refractivity contribution >= 4 is 58.4 Å². The molecular weight excluding hydrogens is 558 g/mol. The largest absolute Gasteiger partial charge is 0.485 e. The first kappa shape index (κ1) is 27.9. The van der Waals surface area contributed by atoms with Crippen molar-refractivity contribution in [2.75, 3.05) is 44.9 Å². The smallest absolute Gasteiger partial charge is 0.315 e. The molecule has 2 aliphatic rings. The van der Waals surface area contributed by atoms with Gasteiger partial charge < -0.3 is 24.1 Å². The molecular formula is C28H30ClN3O5S2. The maximum atomic E-state index is 13.4. The van der Waals surface area contributed by atoms with E-state index in [2.05, 4.69) is 26.9 Å². The van der Waals surface area contributed by atoms with Crippen LogP contribution < -0.4 is 10.1 Å².